The van der Waals surface area contributed by atoms with Gasteiger partial charge in [-0.2, -0.15) is 5.26 Å². The Bertz CT molecular complexity index is 47.2. The Morgan fingerprint density at radius 3 is 1.83 bits per heavy atom. The molecule has 0 radical (unpaired) electrons. The van der Waals surface area contributed by atoms with E-state index in [2.05, 4.69) is 27.3 Å². The maximum absolute atomic E-state index is 7.62. The molecule has 0 aliphatic rings. The van der Waals surface area contributed by atoms with E-state index in [1.54, 1.807) is 0 Å². The molecule has 0 aromatic carbocycles. The van der Waals surface area contributed by atoms with Gasteiger partial charge in [0.25, 0.3) is 0 Å². The van der Waals surface area contributed by atoms with Crippen molar-refractivity contribution in [2.24, 2.45) is 0 Å². The number of hydrogen-bond donors (Lipinski definition) is 0. The first-order valence-electron chi connectivity index (χ1n) is 1.45. The second-order valence-corrected chi connectivity index (χ2v) is 0.512. The van der Waals surface area contributed by atoms with E-state index in [9.17, 15) is 0 Å². The third-order valence-corrected chi connectivity index (χ3v) is 0.158. The van der Waals surface area contributed by atoms with Crippen molar-refractivity contribution in [3.8, 4) is 6.07 Å². The molecule has 6 heavy (non-hydrogen) atoms. The number of nitrogens with zero attached hydrogens (tertiary/aromatic N) is 1. The molecular weight excluding hydrogens is 208 g/mol. The molecule has 0 amide bonds. The normalized spacial score (nSPS) is 4.00. The van der Waals surface area contributed by atoms with E-state index in [0.29, 0.717) is 6.42 Å². The van der Waals surface area contributed by atoms with Crippen LogP contribution >= 0.6 is 0 Å². The molecule has 0 unspecified atom stereocenters. The minimum absolute atomic E-state index is 0.625. The number of rotatable bonds is 0. The molecule has 0 saturated carbocycles. The SMILES string of the molecule is CCC#N.[Se]=[Se]. The molecular formula is C3H5NSe2. The zero-order valence-corrected chi connectivity index (χ0v) is 6.90. The third kappa shape index (κ3) is 24.1. The summed E-state index contributed by atoms with van der Waals surface area (Å²) in [5.41, 5.74) is 0. The average molecular weight is 213 g/mol. The Kier molecular flexibility index (Phi) is 28.8. The van der Waals surface area contributed by atoms with Crippen LogP contribution in [-0.2, 0) is 0 Å². The molecule has 0 aliphatic heterocycles. The fourth-order valence-electron chi connectivity index (χ4n) is 0. The maximum atomic E-state index is 7.62. The van der Waals surface area contributed by atoms with Crippen molar-refractivity contribution < 1.29 is 0 Å². The Balaban J connectivity index is 0. The van der Waals surface area contributed by atoms with Gasteiger partial charge in [-0.05, 0) is 0 Å². The van der Waals surface area contributed by atoms with Crippen LogP contribution in [0.1, 0.15) is 13.3 Å². The van der Waals surface area contributed by atoms with Crippen molar-refractivity contribution in [2.45, 2.75) is 13.3 Å². The van der Waals surface area contributed by atoms with E-state index in [1.807, 2.05) is 13.0 Å². The van der Waals surface area contributed by atoms with E-state index in [-0.39, 0.29) is 0 Å². The molecule has 1 nitrogen and oxygen atoms in total. The monoisotopic (exact) mass is 215 g/mol. The molecule has 0 saturated heterocycles. The molecule has 0 bridgehead atoms. The molecule has 0 heterocycles. The van der Waals surface area contributed by atoms with Crippen LogP contribution in [0.5, 0.6) is 0 Å². The molecule has 0 spiro atoms. The summed E-state index contributed by atoms with van der Waals surface area (Å²) in [7, 11) is 0. The van der Waals surface area contributed by atoms with Gasteiger partial charge in [0, 0.05) is 6.42 Å². The fourth-order valence-corrected chi connectivity index (χ4v) is 0. The average Bonchev–Trinajstić information content (AvgIpc) is 1.72. The first-order chi connectivity index (χ1) is 2.91. The van der Waals surface area contributed by atoms with E-state index in [1.165, 1.54) is 0 Å². The summed E-state index contributed by atoms with van der Waals surface area (Å²) >= 11 is 5.00. The van der Waals surface area contributed by atoms with E-state index in [0.717, 1.165) is 0 Å². The van der Waals surface area contributed by atoms with Crippen LogP contribution in [-0.4, -0.2) is 27.3 Å². The summed E-state index contributed by atoms with van der Waals surface area (Å²) in [6.45, 7) is 1.82. The Morgan fingerprint density at radius 2 is 1.83 bits per heavy atom. The topological polar surface area (TPSA) is 23.8 Å². The Labute approximate surface area is 52.2 Å². The molecule has 0 aromatic rings. The second kappa shape index (κ2) is 17.7. The predicted octanol–water partition coefficient (Wildman–Crippen LogP) is 0.158. The van der Waals surface area contributed by atoms with Crippen LogP contribution in [0.25, 0.3) is 0 Å². The van der Waals surface area contributed by atoms with Crippen molar-refractivity contribution in [1.82, 2.24) is 0 Å². The molecule has 0 fully saturated rings. The van der Waals surface area contributed by atoms with Gasteiger partial charge in [-0.1, -0.05) is 6.92 Å². The van der Waals surface area contributed by atoms with Gasteiger partial charge in [-0.25, -0.2) is 0 Å². The van der Waals surface area contributed by atoms with Crippen LogP contribution in [0.4, 0.5) is 0 Å². The molecule has 34 valence electrons. The van der Waals surface area contributed by atoms with Gasteiger partial charge in [-0.15, -0.1) is 0 Å². The summed E-state index contributed by atoms with van der Waals surface area (Å²) in [5.74, 6) is 0. The van der Waals surface area contributed by atoms with Crippen molar-refractivity contribution in [2.75, 3.05) is 0 Å². The van der Waals surface area contributed by atoms with Gasteiger partial charge >= 0.3 is 27.3 Å². The molecule has 0 aromatic heterocycles. The molecule has 3 heteroatoms. The first-order valence-corrected chi connectivity index (χ1v) is 5.78. The minimum atomic E-state index is 0.625. The Morgan fingerprint density at radius 1 is 1.67 bits per heavy atom. The van der Waals surface area contributed by atoms with Gasteiger partial charge in [0.1, 0.15) is 0 Å². The predicted molar refractivity (Wildman–Crippen MR) is 27.4 cm³/mol. The summed E-state index contributed by atoms with van der Waals surface area (Å²) in [6, 6.07) is 1.93. The van der Waals surface area contributed by atoms with Crippen molar-refractivity contribution in [3.63, 3.8) is 0 Å². The van der Waals surface area contributed by atoms with Crippen LogP contribution in [0.15, 0.2) is 0 Å². The first kappa shape index (κ1) is 9.73. The van der Waals surface area contributed by atoms with Crippen LogP contribution in [0.3, 0.4) is 0 Å². The third-order valence-electron chi connectivity index (χ3n) is 0.158. The zero-order valence-electron chi connectivity index (χ0n) is 3.47. The van der Waals surface area contributed by atoms with Crippen molar-refractivity contribution >= 4 is 27.3 Å². The molecule has 0 aliphatic carbocycles. The summed E-state index contributed by atoms with van der Waals surface area (Å²) in [4.78, 5) is 0. The summed E-state index contributed by atoms with van der Waals surface area (Å²) in [6.07, 6.45) is 0.625. The van der Waals surface area contributed by atoms with E-state index >= 15 is 0 Å². The van der Waals surface area contributed by atoms with Crippen LogP contribution < -0.4 is 0 Å². The summed E-state index contributed by atoms with van der Waals surface area (Å²) < 4.78 is 0. The molecule has 0 N–H and O–H groups in total. The molecule has 0 rings (SSSR count). The quantitative estimate of drug-likeness (QED) is 0.525. The van der Waals surface area contributed by atoms with Crippen molar-refractivity contribution in [3.05, 3.63) is 0 Å². The number of nitriles is 1. The number of hydrogen-bond acceptors (Lipinski definition) is 1. The van der Waals surface area contributed by atoms with Gasteiger partial charge < -0.3 is 0 Å². The second-order valence-electron chi connectivity index (χ2n) is 0.512. The van der Waals surface area contributed by atoms with Gasteiger partial charge in [-0.3, -0.25) is 0 Å². The Hall–Kier alpha value is 0.529. The standard InChI is InChI=1S/C3H5N.Se2/c1-2-3-4;1-2/h2H2,1H3;. The van der Waals surface area contributed by atoms with Gasteiger partial charge in [0.15, 0.2) is 0 Å². The van der Waals surface area contributed by atoms with Crippen LogP contribution in [0, 0.1) is 11.3 Å². The zero-order chi connectivity index (χ0) is 5.41. The van der Waals surface area contributed by atoms with E-state index in [4.69, 9.17) is 5.26 Å². The van der Waals surface area contributed by atoms with Crippen LogP contribution in [0.2, 0.25) is 0 Å². The van der Waals surface area contributed by atoms with E-state index < -0.39 is 0 Å². The van der Waals surface area contributed by atoms with Crippen molar-refractivity contribution in [1.29, 1.82) is 5.26 Å². The molecule has 0 atom stereocenters. The van der Waals surface area contributed by atoms with Gasteiger partial charge in [0.05, 0.1) is 6.07 Å². The summed E-state index contributed by atoms with van der Waals surface area (Å²) in [5, 5.41) is 7.62. The van der Waals surface area contributed by atoms with Gasteiger partial charge in [0.2, 0.25) is 0 Å². The fraction of sp³-hybridized carbons (Fsp3) is 0.667.